The zero-order valence-electron chi connectivity index (χ0n) is 7.40. The van der Waals surface area contributed by atoms with E-state index in [9.17, 15) is 4.79 Å². The van der Waals surface area contributed by atoms with Crippen LogP contribution in [-0.4, -0.2) is 28.8 Å². The van der Waals surface area contributed by atoms with E-state index in [1.165, 1.54) is 4.90 Å². The number of hydrogen-bond donors (Lipinski definition) is 0. The molecule has 13 heavy (non-hydrogen) atoms. The Bertz CT molecular complexity index is 276. The second-order valence-electron chi connectivity index (χ2n) is 2.79. The van der Waals surface area contributed by atoms with Crippen molar-refractivity contribution in [3.8, 4) is 0 Å². The molecule has 1 aromatic heterocycles. The summed E-state index contributed by atoms with van der Waals surface area (Å²) in [5, 5.41) is -0.427. The van der Waals surface area contributed by atoms with Crippen molar-refractivity contribution in [2.45, 2.75) is 6.42 Å². The first-order valence-corrected chi connectivity index (χ1v) is 4.37. The molecule has 1 rings (SSSR count). The first-order chi connectivity index (χ1) is 6.20. The molecule has 0 aromatic carbocycles. The summed E-state index contributed by atoms with van der Waals surface area (Å²) < 4.78 is 0. The summed E-state index contributed by atoms with van der Waals surface area (Å²) in [6.45, 7) is 0.619. The number of likely N-dealkylation sites (N-methyl/N-ethyl adjacent to an activating group) is 1. The quantitative estimate of drug-likeness (QED) is 0.549. The van der Waals surface area contributed by atoms with E-state index in [4.69, 9.17) is 11.6 Å². The van der Waals surface area contributed by atoms with Crippen LogP contribution >= 0.6 is 11.6 Å². The van der Waals surface area contributed by atoms with E-state index in [1.54, 1.807) is 19.4 Å². The second-order valence-corrected chi connectivity index (χ2v) is 3.11. The Balaban J connectivity index is 2.39. The highest BCUT2D eigenvalue weighted by atomic mass is 35.5. The van der Waals surface area contributed by atoms with Crippen LogP contribution in [-0.2, 0) is 6.42 Å². The van der Waals surface area contributed by atoms with Gasteiger partial charge in [0.25, 0.3) is 0 Å². The Kier molecular flexibility index (Phi) is 3.71. The third-order valence-electron chi connectivity index (χ3n) is 1.76. The number of hydrogen-bond acceptors (Lipinski definition) is 2. The minimum absolute atomic E-state index is 0.427. The molecule has 0 aliphatic heterocycles. The Morgan fingerprint density at radius 3 is 3.00 bits per heavy atom. The number of amides is 1. The van der Waals surface area contributed by atoms with E-state index in [1.807, 2.05) is 12.1 Å². The van der Waals surface area contributed by atoms with Crippen LogP contribution in [0.4, 0.5) is 4.79 Å². The predicted molar refractivity (Wildman–Crippen MR) is 51.8 cm³/mol. The van der Waals surface area contributed by atoms with E-state index in [0.717, 1.165) is 12.0 Å². The standard InChI is InChI=1S/C9H11ClN2O/c1-12(9(10)13)6-4-8-3-2-5-11-7-8/h2-3,5,7H,4,6H2,1H3. The summed E-state index contributed by atoms with van der Waals surface area (Å²) in [6, 6.07) is 3.84. The Morgan fingerprint density at radius 1 is 1.69 bits per heavy atom. The highest BCUT2D eigenvalue weighted by molar-refractivity contribution is 6.62. The monoisotopic (exact) mass is 198 g/mol. The van der Waals surface area contributed by atoms with Crippen LogP contribution in [0.25, 0.3) is 0 Å². The molecule has 0 saturated heterocycles. The topological polar surface area (TPSA) is 33.2 Å². The normalized spacial score (nSPS) is 9.69. The first kappa shape index (κ1) is 9.99. The third-order valence-corrected chi connectivity index (χ3v) is 2.05. The van der Waals surface area contributed by atoms with Crippen molar-refractivity contribution in [1.29, 1.82) is 0 Å². The summed E-state index contributed by atoms with van der Waals surface area (Å²) in [5.74, 6) is 0. The van der Waals surface area contributed by atoms with Crippen molar-refractivity contribution in [1.82, 2.24) is 9.88 Å². The Labute approximate surface area is 82.3 Å². The van der Waals surface area contributed by atoms with Crippen LogP contribution in [0.5, 0.6) is 0 Å². The molecule has 0 spiro atoms. The molecule has 0 unspecified atom stereocenters. The summed E-state index contributed by atoms with van der Waals surface area (Å²) in [4.78, 5) is 16.1. The van der Waals surface area contributed by atoms with Crippen LogP contribution in [0.3, 0.4) is 0 Å². The molecule has 0 aliphatic carbocycles. The van der Waals surface area contributed by atoms with Gasteiger partial charge in [-0.05, 0) is 29.7 Å². The molecule has 1 aromatic rings. The average Bonchev–Trinajstić information content (AvgIpc) is 2.15. The Hall–Kier alpha value is -1.09. The highest BCUT2D eigenvalue weighted by Crippen LogP contribution is 2.00. The van der Waals surface area contributed by atoms with Gasteiger partial charge in [-0.1, -0.05) is 6.07 Å². The lowest BCUT2D eigenvalue weighted by Crippen LogP contribution is -2.23. The molecule has 0 saturated carbocycles. The molecule has 1 heterocycles. The van der Waals surface area contributed by atoms with Crippen LogP contribution in [0.1, 0.15) is 5.56 Å². The van der Waals surface area contributed by atoms with E-state index in [2.05, 4.69) is 4.98 Å². The van der Waals surface area contributed by atoms with Crippen LogP contribution in [0.15, 0.2) is 24.5 Å². The van der Waals surface area contributed by atoms with Gasteiger partial charge < -0.3 is 4.90 Å². The fourth-order valence-electron chi connectivity index (χ4n) is 0.931. The van der Waals surface area contributed by atoms with Crippen molar-refractivity contribution >= 4 is 17.0 Å². The molecule has 70 valence electrons. The maximum atomic E-state index is 10.6. The predicted octanol–water partition coefficient (Wildman–Crippen LogP) is 1.91. The fourth-order valence-corrected chi connectivity index (χ4v) is 1.02. The average molecular weight is 199 g/mol. The molecule has 0 fully saturated rings. The second kappa shape index (κ2) is 4.82. The largest absolute Gasteiger partial charge is 0.332 e. The van der Waals surface area contributed by atoms with Crippen LogP contribution < -0.4 is 0 Å². The van der Waals surface area contributed by atoms with E-state index >= 15 is 0 Å². The van der Waals surface area contributed by atoms with Gasteiger partial charge in [-0.25, -0.2) is 0 Å². The summed E-state index contributed by atoms with van der Waals surface area (Å²) in [6.07, 6.45) is 4.29. The number of halogens is 1. The SMILES string of the molecule is CN(CCc1cccnc1)C(=O)Cl. The first-order valence-electron chi connectivity index (χ1n) is 3.99. The summed E-state index contributed by atoms with van der Waals surface area (Å²) >= 11 is 5.27. The molecule has 0 aliphatic rings. The van der Waals surface area contributed by atoms with Crippen molar-refractivity contribution < 1.29 is 4.79 Å². The molecular weight excluding hydrogens is 188 g/mol. The van der Waals surface area contributed by atoms with E-state index in [0.29, 0.717) is 6.54 Å². The lowest BCUT2D eigenvalue weighted by Gasteiger charge is -2.12. The molecular formula is C9H11ClN2O. The number of pyridine rings is 1. The molecule has 1 amide bonds. The molecule has 0 bridgehead atoms. The molecule has 0 atom stereocenters. The number of carbonyl (C=O) groups excluding carboxylic acids is 1. The zero-order chi connectivity index (χ0) is 9.68. The number of aromatic nitrogens is 1. The van der Waals surface area contributed by atoms with Gasteiger partial charge in [-0.3, -0.25) is 9.78 Å². The van der Waals surface area contributed by atoms with Gasteiger partial charge in [0.15, 0.2) is 0 Å². The Morgan fingerprint density at radius 2 is 2.46 bits per heavy atom. The zero-order valence-corrected chi connectivity index (χ0v) is 8.16. The maximum absolute atomic E-state index is 10.6. The van der Waals surface area contributed by atoms with Crippen LogP contribution in [0, 0.1) is 0 Å². The molecule has 4 heteroatoms. The van der Waals surface area contributed by atoms with Crippen molar-refractivity contribution in [2.24, 2.45) is 0 Å². The minimum Gasteiger partial charge on any atom is -0.332 e. The third kappa shape index (κ3) is 3.42. The van der Waals surface area contributed by atoms with Crippen molar-refractivity contribution in [3.05, 3.63) is 30.1 Å². The van der Waals surface area contributed by atoms with E-state index < -0.39 is 5.37 Å². The van der Waals surface area contributed by atoms with E-state index in [-0.39, 0.29) is 0 Å². The number of carbonyl (C=O) groups is 1. The molecule has 3 nitrogen and oxygen atoms in total. The number of nitrogens with zero attached hydrogens (tertiary/aromatic N) is 2. The number of rotatable bonds is 3. The van der Waals surface area contributed by atoms with Crippen molar-refractivity contribution in [2.75, 3.05) is 13.6 Å². The van der Waals surface area contributed by atoms with Gasteiger partial charge in [-0.15, -0.1) is 0 Å². The van der Waals surface area contributed by atoms with Crippen molar-refractivity contribution in [3.63, 3.8) is 0 Å². The highest BCUT2D eigenvalue weighted by Gasteiger charge is 2.03. The maximum Gasteiger partial charge on any atom is 0.316 e. The summed E-state index contributed by atoms with van der Waals surface area (Å²) in [5.41, 5.74) is 1.10. The lowest BCUT2D eigenvalue weighted by molar-refractivity contribution is 0.232. The summed E-state index contributed by atoms with van der Waals surface area (Å²) in [7, 11) is 1.67. The van der Waals surface area contributed by atoms with Gasteiger partial charge in [0.05, 0.1) is 0 Å². The van der Waals surface area contributed by atoms with Gasteiger partial charge in [0.1, 0.15) is 0 Å². The van der Waals surface area contributed by atoms with Gasteiger partial charge in [0, 0.05) is 26.0 Å². The smallest absolute Gasteiger partial charge is 0.316 e. The molecule has 0 radical (unpaired) electrons. The minimum atomic E-state index is -0.427. The molecule has 0 N–H and O–H groups in total. The van der Waals surface area contributed by atoms with Gasteiger partial charge >= 0.3 is 5.37 Å². The van der Waals surface area contributed by atoms with Gasteiger partial charge in [-0.2, -0.15) is 0 Å². The lowest BCUT2D eigenvalue weighted by atomic mass is 10.2. The van der Waals surface area contributed by atoms with Gasteiger partial charge in [0.2, 0.25) is 0 Å². The fraction of sp³-hybridized carbons (Fsp3) is 0.333. The van der Waals surface area contributed by atoms with Crippen LogP contribution in [0.2, 0.25) is 0 Å².